The number of rotatable bonds is 3. The molecule has 0 atom stereocenters. The van der Waals surface area contributed by atoms with E-state index >= 15 is 0 Å². The highest BCUT2D eigenvalue weighted by Gasteiger charge is 2.11. The van der Waals surface area contributed by atoms with Crippen LogP contribution in [0, 0.1) is 0 Å². The number of aromatic carboxylic acids is 1. The highest BCUT2D eigenvalue weighted by Crippen LogP contribution is 2.25. The fourth-order valence-electron chi connectivity index (χ4n) is 2.74. The maximum absolute atomic E-state index is 11.2. The highest BCUT2D eigenvalue weighted by atomic mass is 16.4. The van der Waals surface area contributed by atoms with E-state index in [4.69, 9.17) is 5.11 Å². The van der Waals surface area contributed by atoms with Gasteiger partial charge in [-0.3, -0.25) is 0 Å². The first-order valence-electron chi connectivity index (χ1n) is 7.46. The molecule has 1 aromatic heterocycles. The first-order valence-corrected chi connectivity index (χ1v) is 7.46. The van der Waals surface area contributed by atoms with Crippen LogP contribution in [0.5, 0.6) is 0 Å². The molecule has 0 amide bonds. The Bertz CT molecular complexity index is 1050. The van der Waals surface area contributed by atoms with Crippen LogP contribution in [-0.2, 0) is 0 Å². The summed E-state index contributed by atoms with van der Waals surface area (Å²) in [6.07, 6.45) is 1.68. The van der Waals surface area contributed by atoms with Gasteiger partial charge in [-0.25, -0.2) is 9.48 Å². The molecule has 4 rings (SSSR count). The molecule has 5 nitrogen and oxygen atoms in total. The van der Waals surface area contributed by atoms with Crippen molar-refractivity contribution in [3.8, 4) is 16.9 Å². The number of aromatic nitrogens is 3. The average molecular weight is 315 g/mol. The van der Waals surface area contributed by atoms with E-state index in [-0.39, 0.29) is 5.56 Å². The third-order valence-electron chi connectivity index (χ3n) is 3.93. The molecular formula is C19H13N3O2. The molecule has 3 aromatic carbocycles. The quantitative estimate of drug-likeness (QED) is 0.624. The van der Waals surface area contributed by atoms with E-state index < -0.39 is 5.97 Å². The van der Waals surface area contributed by atoms with Gasteiger partial charge in [0.2, 0.25) is 0 Å². The van der Waals surface area contributed by atoms with E-state index in [1.165, 1.54) is 0 Å². The number of fused-ring (bicyclic) bond motifs is 1. The van der Waals surface area contributed by atoms with Crippen molar-refractivity contribution in [2.45, 2.75) is 0 Å². The van der Waals surface area contributed by atoms with Crippen LogP contribution in [0.2, 0.25) is 0 Å². The van der Waals surface area contributed by atoms with Crippen molar-refractivity contribution >= 4 is 16.7 Å². The normalized spacial score (nSPS) is 10.8. The lowest BCUT2D eigenvalue weighted by molar-refractivity contribution is 0.0697. The Morgan fingerprint density at radius 1 is 0.917 bits per heavy atom. The van der Waals surface area contributed by atoms with E-state index in [2.05, 4.69) is 34.6 Å². The van der Waals surface area contributed by atoms with Crippen molar-refractivity contribution in [2.24, 2.45) is 0 Å². The summed E-state index contributed by atoms with van der Waals surface area (Å²) in [6.45, 7) is 0. The predicted octanol–water partition coefficient (Wildman–Crippen LogP) is 3.79. The van der Waals surface area contributed by atoms with Crippen LogP contribution in [0.25, 0.3) is 27.7 Å². The molecular weight excluding hydrogens is 302 g/mol. The van der Waals surface area contributed by atoms with Crippen LogP contribution in [0.15, 0.2) is 72.9 Å². The second-order valence-corrected chi connectivity index (χ2v) is 5.45. The molecule has 0 saturated carbocycles. The van der Waals surface area contributed by atoms with Crippen molar-refractivity contribution < 1.29 is 9.90 Å². The molecule has 24 heavy (non-hydrogen) atoms. The zero-order valence-corrected chi connectivity index (χ0v) is 12.6. The topological polar surface area (TPSA) is 68.0 Å². The van der Waals surface area contributed by atoms with Gasteiger partial charge in [-0.1, -0.05) is 47.7 Å². The summed E-state index contributed by atoms with van der Waals surface area (Å²) in [5, 5.41) is 19.6. The zero-order chi connectivity index (χ0) is 16.5. The van der Waals surface area contributed by atoms with E-state index in [1.54, 1.807) is 29.1 Å². The zero-order valence-electron chi connectivity index (χ0n) is 12.6. The molecule has 0 fully saturated rings. The summed E-state index contributed by atoms with van der Waals surface area (Å²) >= 11 is 0. The number of hydrogen-bond donors (Lipinski definition) is 1. The van der Waals surface area contributed by atoms with Crippen LogP contribution in [0.4, 0.5) is 0 Å². The van der Waals surface area contributed by atoms with Crippen molar-refractivity contribution in [3.63, 3.8) is 0 Å². The van der Waals surface area contributed by atoms with Gasteiger partial charge in [0.05, 0.1) is 23.1 Å². The average Bonchev–Trinajstić information content (AvgIpc) is 3.11. The van der Waals surface area contributed by atoms with Crippen LogP contribution < -0.4 is 0 Å². The molecule has 1 heterocycles. The first-order chi connectivity index (χ1) is 11.7. The van der Waals surface area contributed by atoms with Crippen LogP contribution in [-0.4, -0.2) is 26.1 Å². The lowest BCUT2D eigenvalue weighted by Gasteiger charge is -2.08. The number of carboxylic acid groups (broad SMARTS) is 1. The maximum atomic E-state index is 11.2. The fraction of sp³-hybridized carbons (Fsp3) is 0. The Balaban J connectivity index is 1.84. The van der Waals surface area contributed by atoms with Gasteiger partial charge in [0.25, 0.3) is 0 Å². The fourth-order valence-corrected chi connectivity index (χ4v) is 2.74. The molecule has 4 aromatic rings. The number of carbonyl (C=O) groups is 1. The summed E-state index contributed by atoms with van der Waals surface area (Å²) in [6, 6.07) is 20.9. The standard InChI is InChI=1S/C19H13N3O2/c23-19(24)16-6-3-7-17(11-16)22-18(12-20-21-22)15-9-8-13-4-1-2-5-14(13)10-15/h1-12H,(H,23,24). The lowest BCUT2D eigenvalue weighted by Crippen LogP contribution is -2.02. The van der Waals surface area contributed by atoms with Crippen LogP contribution in [0.3, 0.4) is 0 Å². The minimum absolute atomic E-state index is 0.215. The minimum Gasteiger partial charge on any atom is -0.478 e. The van der Waals surface area contributed by atoms with Crippen molar-refractivity contribution in [3.05, 3.63) is 78.5 Å². The van der Waals surface area contributed by atoms with Crippen molar-refractivity contribution in [2.75, 3.05) is 0 Å². The molecule has 0 unspecified atom stereocenters. The van der Waals surface area contributed by atoms with Crippen molar-refractivity contribution in [1.29, 1.82) is 0 Å². The van der Waals surface area contributed by atoms with E-state index in [9.17, 15) is 4.79 Å². The van der Waals surface area contributed by atoms with Gasteiger partial charge in [0, 0.05) is 5.56 Å². The summed E-state index contributed by atoms with van der Waals surface area (Å²) < 4.78 is 1.65. The van der Waals surface area contributed by atoms with E-state index in [0.717, 1.165) is 22.0 Å². The molecule has 0 aliphatic carbocycles. The van der Waals surface area contributed by atoms with Crippen LogP contribution in [0.1, 0.15) is 10.4 Å². The van der Waals surface area contributed by atoms with Crippen LogP contribution >= 0.6 is 0 Å². The van der Waals surface area contributed by atoms with Gasteiger partial charge in [-0.15, -0.1) is 5.10 Å². The van der Waals surface area contributed by atoms with Gasteiger partial charge in [0.15, 0.2) is 0 Å². The molecule has 0 aliphatic heterocycles. The number of carboxylic acids is 1. The monoisotopic (exact) mass is 315 g/mol. The third-order valence-corrected chi connectivity index (χ3v) is 3.93. The number of benzene rings is 3. The second kappa shape index (κ2) is 5.62. The Morgan fingerprint density at radius 3 is 2.58 bits per heavy atom. The first kappa shape index (κ1) is 14.1. The van der Waals surface area contributed by atoms with E-state index in [1.807, 2.05) is 24.3 Å². The minimum atomic E-state index is -0.968. The maximum Gasteiger partial charge on any atom is 0.335 e. The van der Waals surface area contributed by atoms with E-state index in [0.29, 0.717) is 5.69 Å². The van der Waals surface area contributed by atoms with Gasteiger partial charge >= 0.3 is 5.97 Å². The highest BCUT2D eigenvalue weighted by molar-refractivity contribution is 5.89. The summed E-state index contributed by atoms with van der Waals surface area (Å²) in [7, 11) is 0. The lowest BCUT2D eigenvalue weighted by atomic mass is 10.1. The van der Waals surface area contributed by atoms with Gasteiger partial charge in [0.1, 0.15) is 0 Å². The third kappa shape index (κ3) is 2.42. The summed E-state index contributed by atoms with van der Waals surface area (Å²) in [5.74, 6) is -0.968. The molecule has 0 spiro atoms. The Kier molecular flexibility index (Phi) is 3.31. The molecule has 1 N–H and O–H groups in total. The Hall–Kier alpha value is -3.47. The molecule has 116 valence electrons. The molecule has 5 heteroatoms. The van der Waals surface area contributed by atoms with Gasteiger partial charge < -0.3 is 5.11 Å². The predicted molar refractivity (Wildman–Crippen MR) is 91.3 cm³/mol. The molecule has 0 bridgehead atoms. The van der Waals surface area contributed by atoms with Gasteiger partial charge in [-0.2, -0.15) is 0 Å². The molecule has 0 saturated heterocycles. The number of hydrogen-bond acceptors (Lipinski definition) is 3. The summed E-state index contributed by atoms with van der Waals surface area (Å²) in [4.78, 5) is 11.2. The summed E-state index contributed by atoms with van der Waals surface area (Å²) in [5.41, 5.74) is 2.66. The van der Waals surface area contributed by atoms with Crippen molar-refractivity contribution in [1.82, 2.24) is 15.0 Å². The number of nitrogens with zero attached hydrogens (tertiary/aromatic N) is 3. The largest absolute Gasteiger partial charge is 0.478 e. The Morgan fingerprint density at radius 2 is 1.75 bits per heavy atom. The van der Waals surface area contributed by atoms with Gasteiger partial charge in [-0.05, 0) is 35.0 Å². The second-order valence-electron chi connectivity index (χ2n) is 5.45. The molecule has 0 radical (unpaired) electrons. The smallest absolute Gasteiger partial charge is 0.335 e. The Labute approximate surface area is 137 Å². The SMILES string of the molecule is O=C(O)c1cccc(-n2nncc2-c2ccc3ccccc3c2)c1. The molecule has 0 aliphatic rings.